The van der Waals surface area contributed by atoms with E-state index in [1.807, 2.05) is 0 Å². The summed E-state index contributed by atoms with van der Waals surface area (Å²) in [6.45, 7) is 17.6. The van der Waals surface area contributed by atoms with Gasteiger partial charge in [0.25, 0.3) is 0 Å². The summed E-state index contributed by atoms with van der Waals surface area (Å²) < 4.78 is 37.3. The number of hydrogen-bond donors (Lipinski definition) is 0. The van der Waals surface area contributed by atoms with Gasteiger partial charge in [-0.05, 0) is 52.1 Å². The van der Waals surface area contributed by atoms with Crippen molar-refractivity contribution in [1.29, 1.82) is 0 Å². The lowest BCUT2D eigenvalue weighted by atomic mass is 10.3. The van der Waals surface area contributed by atoms with Crippen LogP contribution in [0.15, 0.2) is 0 Å². The summed E-state index contributed by atoms with van der Waals surface area (Å²) in [5, 5.41) is 0. The predicted octanol–water partition coefficient (Wildman–Crippen LogP) is 1.52. The molecule has 3 aliphatic heterocycles. The molecule has 0 N–H and O–H groups in total. The number of rotatable bonds is 14. The monoisotopic (exact) mass is 576 g/mol. The van der Waals surface area contributed by atoms with E-state index in [2.05, 4.69) is 46.8 Å². The Balaban J connectivity index is 1.57. The molecule has 0 bridgehead atoms. The smallest absolute Gasteiger partial charge is 0.335 e. The molecule has 10 nitrogen and oxygen atoms in total. The molecule has 3 rings (SSSR count). The first-order valence-electron chi connectivity index (χ1n) is 14.7. The molecule has 0 aromatic heterocycles. The molecular weight excluding hydrogens is 520 g/mol. The second kappa shape index (κ2) is 16.5. The third-order valence-corrected chi connectivity index (χ3v) is 14.2. The minimum absolute atomic E-state index is 0.00758. The van der Waals surface area contributed by atoms with Gasteiger partial charge in [0.15, 0.2) is 0 Å². The van der Waals surface area contributed by atoms with Gasteiger partial charge in [-0.1, -0.05) is 0 Å². The van der Waals surface area contributed by atoms with Gasteiger partial charge in [0.2, 0.25) is 0 Å². The Kier molecular flexibility index (Phi) is 14.1. The molecule has 3 fully saturated rings. The first kappa shape index (κ1) is 32.5. The van der Waals surface area contributed by atoms with Crippen LogP contribution in [0.1, 0.15) is 12.8 Å². The summed E-state index contributed by atoms with van der Waals surface area (Å²) in [6.07, 6.45) is 1.99. The van der Waals surface area contributed by atoms with Crippen molar-refractivity contribution in [2.45, 2.75) is 50.2 Å². The van der Waals surface area contributed by atoms with Gasteiger partial charge >= 0.3 is 17.1 Å². The summed E-state index contributed by atoms with van der Waals surface area (Å²) in [4.78, 5) is 9.84. The van der Waals surface area contributed by atoms with Gasteiger partial charge in [0.1, 0.15) is 0 Å². The van der Waals surface area contributed by atoms with E-state index in [4.69, 9.17) is 27.2 Å². The van der Waals surface area contributed by atoms with E-state index in [-0.39, 0.29) is 12.2 Å². The molecule has 12 heteroatoms. The number of likely N-dealkylation sites (N-methyl/N-ethyl adjacent to an activating group) is 2. The lowest BCUT2D eigenvalue weighted by Gasteiger charge is -2.41. The van der Waals surface area contributed by atoms with E-state index >= 15 is 0 Å². The molecule has 0 spiro atoms. The Bertz CT molecular complexity index is 651. The maximum absolute atomic E-state index is 6.98. The van der Waals surface area contributed by atoms with Crippen molar-refractivity contribution in [3.05, 3.63) is 0 Å². The van der Waals surface area contributed by atoms with E-state index < -0.39 is 17.1 Å². The van der Waals surface area contributed by atoms with Crippen molar-refractivity contribution >= 4 is 17.1 Å². The van der Waals surface area contributed by atoms with Gasteiger partial charge < -0.3 is 37.0 Å². The van der Waals surface area contributed by atoms with E-state index in [1.54, 1.807) is 14.2 Å². The topological polar surface area (TPSA) is 68.3 Å². The van der Waals surface area contributed by atoms with Crippen LogP contribution in [-0.4, -0.2) is 169 Å². The standard InChI is InChI=1S/C26H56N4O6Si2/c1-27-9-13-29(14-10-27)21-25(23-33-17-7-19-37(5,31-3)32-4)35-38(6)20-8-18-34-24-26(36-38)22-30-15-11-28(2)12-16-30/h25-26H,7-24H2,1-6H3. The molecule has 0 aromatic rings. The van der Waals surface area contributed by atoms with E-state index in [0.29, 0.717) is 19.8 Å². The second-order valence-corrected chi connectivity index (χ2v) is 18.5. The highest BCUT2D eigenvalue weighted by Gasteiger charge is 2.39. The van der Waals surface area contributed by atoms with Crippen LogP contribution in [0.5, 0.6) is 0 Å². The van der Waals surface area contributed by atoms with Crippen molar-refractivity contribution in [2.24, 2.45) is 0 Å². The zero-order chi connectivity index (χ0) is 27.4. The summed E-state index contributed by atoms with van der Waals surface area (Å²) >= 11 is 0. The van der Waals surface area contributed by atoms with Gasteiger partial charge in [0.05, 0.1) is 25.4 Å². The zero-order valence-electron chi connectivity index (χ0n) is 25.1. The summed E-state index contributed by atoms with van der Waals surface area (Å²) in [7, 11) is 3.42. The fraction of sp³-hybridized carbons (Fsp3) is 1.00. The number of nitrogens with zero attached hydrogens (tertiary/aromatic N) is 4. The Hall–Kier alpha value is 0.0338. The van der Waals surface area contributed by atoms with Crippen molar-refractivity contribution in [1.82, 2.24) is 19.6 Å². The van der Waals surface area contributed by atoms with Crippen molar-refractivity contribution in [2.75, 3.05) is 120 Å². The van der Waals surface area contributed by atoms with Crippen molar-refractivity contribution in [3.8, 4) is 0 Å². The lowest BCUT2D eigenvalue weighted by Crippen LogP contribution is -2.55. The maximum Gasteiger partial charge on any atom is 0.335 e. The molecule has 0 aliphatic carbocycles. The predicted molar refractivity (Wildman–Crippen MR) is 155 cm³/mol. The van der Waals surface area contributed by atoms with Gasteiger partial charge in [0, 0.05) is 92.9 Å². The van der Waals surface area contributed by atoms with Gasteiger partial charge in [-0.25, -0.2) is 0 Å². The Morgan fingerprint density at radius 3 is 2.21 bits per heavy atom. The van der Waals surface area contributed by atoms with Crippen LogP contribution in [0.3, 0.4) is 0 Å². The summed E-state index contributed by atoms with van der Waals surface area (Å²) in [5.41, 5.74) is 0. The maximum atomic E-state index is 6.98. The van der Waals surface area contributed by atoms with Gasteiger partial charge in [-0.2, -0.15) is 0 Å². The first-order valence-corrected chi connectivity index (χ1v) is 19.7. The molecular formula is C26H56N4O6Si2. The molecule has 3 atom stereocenters. The molecule has 0 radical (unpaired) electrons. The molecule has 0 saturated carbocycles. The SMILES string of the molecule is CO[Si](C)(CCCOCC(CN1CCN(C)CC1)O[Si]1(C)CCCOCC(CN2CCN(C)CC2)O1)OC. The fourth-order valence-electron chi connectivity index (χ4n) is 5.44. The largest absolute Gasteiger partial charge is 0.398 e. The average molecular weight is 577 g/mol. The van der Waals surface area contributed by atoms with E-state index in [0.717, 1.165) is 97.0 Å². The number of ether oxygens (including phenoxy) is 2. The molecule has 38 heavy (non-hydrogen) atoms. The van der Waals surface area contributed by atoms with Crippen LogP contribution in [0.4, 0.5) is 0 Å². The molecule has 224 valence electrons. The third-order valence-electron chi connectivity index (χ3n) is 8.26. The van der Waals surface area contributed by atoms with Crippen LogP contribution < -0.4 is 0 Å². The molecule has 3 aliphatic rings. The Morgan fingerprint density at radius 1 is 0.947 bits per heavy atom. The highest BCUT2D eigenvalue weighted by molar-refractivity contribution is 6.66. The van der Waals surface area contributed by atoms with Crippen molar-refractivity contribution < 1.29 is 27.2 Å². The van der Waals surface area contributed by atoms with E-state index in [9.17, 15) is 0 Å². The summed E-state index contributed by atoms with van der Waals surface area (Å²) in [6, 6.07) is 1.88. The molecule has 3 heterocycles. The third kappa shape index (κ3) is 11.5. The Labute approximate surface area is 234 Å². The average Bonchev–Trinajstić information content (AvgIpc) is 2.89. The highest BCUT2D eigenvalue weighted by atomic mass is 28.4. The van der Waals surface area contributed by atoms with Crippen LogP contribution in [0.2, 0.25) is 25.2 Å². The molecule has 3 unspecified atom stereocenters. The Morgan fingerprint density at radius 2 is 1.58 bits per heavy atom. The molecule has 3 saturated heterocycles. The molecule has 0 aromatic carbocycles. The minimum Gasteiger partial charge on any atom is -0.398 e. The van der Waals surface area contributed by atoms with Gasteiger partial charge in [-0.3, -0.25) is 9.80 Å². The zero-order valence-corrected chi connectivity index (χ0v) is 27.1. The van der Waals surface area contributed by atoms with Crippen LogP contribution in [-0.2, 0) is 27.2 Å². The van der Waals surface area contributed by atoms with E-state index in [1.165, 1.54) is 0 Å². The number of piperazine rings is 2. The summed E-state index contributed by atoms with van der Waals surface area (Å²) in [5.74, 6) is 0. The fourth-order valence-corrected chi connectivity index (χ4v) is 9.58. The lowest BCUT2D eigenvalue weighted by molar-refractivity contribution is -0.0351. The van der Waals surface area contributed by atoms with Crippen LogP contribution >= 0.6 is 0 Å². The highest BCUT2D eigenvalue weighted by Crippen LogP contribution is 2.24. The first-order chi connectivity index (χ1) is 18.2. The molecule has 0 amide bonds. The normalized spacial score (nSPS) is 28.7. The quantitative estimate of drug-likeness (QED) is 0.225. The number of hydrogen-bond acceptors (Lipinski definition) is 10. The van der Waals surface area contributed by atoms with Crippen LogP contribution in [0, 0.1) is 0 Å². The van der Waals surface area contributed by atoms with Gasteiger partial charge in [-0.15, -0.1) is 0 Å². The van der Waals surface area contributed by atoms with Crippen LogP contribution in [0.25, 0.3) is 0 Å². The minimum atomic E-state index is -2.42. The van der Waals surface area contributed by atoms with Crippen molar-refractivity contribution in [3.63, 3.8) is 0 Å². The second-order valence-electron chi connectivity index (χ2n) is 11.7.